The molecule has 2 aromatic carbocycles. The highest BCUT2D eigenvalue weighted by atomic mass is 32.2. The molecule has 7 nitrogen and oxygen atoms in total. The van der Waals surface area contributed by atoms with Crippen LogP contribution < -0.4 is 9.62 Å². The zero-order chi connectivity index (χ0) is 23.3. The van der Waals surface area contributed by atoms with E-state index < -0.39 is 46.1 Å². The Morgan fingerprint density at radius 1 is 1.06 bits per heavy atom. The van der Waals surface area contributed by atoms with E-state index in [-0.39, 0.29) is 12.2 Å². The lowest BCUT2D eigenvalue weighted by Gasteiger charge is -2.31. The Balaban J connectivity index is 2.39. The Hall–Kier alpha value is -3.01. The highest BCUT2D eigenvalue weighted by Gasteiger charge is 2.30. The quantitative estimate of drug-likeness (QED) is 0.664. The second-order valence-corrected chi connectivity index (χ2v) is 9.07. The van der Waals surface area contributed by atoms with Gasteiger partial charge in [0, 0.05) is 19.7 Å². The number of halogens is 2. The fourth-order valence-corrected chi connectivity index (χ4v) is 3.78. The van der Waals surface area contributed by atoms with Gasteiger partial charge < -0.3 is 10.2 Å². The number of amides is 2. The van der Waals surface area contributed by atoms with E-state index in [1.807, 2.05) is 19.1 Å². The molecule has 0 aromatic heterocycles. The van der Waals surface area contributed by atoms with Gasteiger partial charge in [-0.1, -0.05) is 29.8 Å². The molecule has 0 heterocycles. The molecule has 2 amide bonds. The van der Waals surface area contributed by atoms with Crippen molar-refractivity contribution in [3.05, 3.63) is 65.2 Å². The molecule has 0 fully saturated rings. The fraction of sp³-hybridized carbons (Fsp3) is 0.333. The monoisotopic (exact) mass is 453 g/mol. The van der Waals surface area contributed by atoms with Gasteiger partial charge in [-0.15, -0.1) is 0 Å². The molecule has 2 rings (SSSR count). The third-order valence-electron chi connectivity index (χ3n) is 4.76. The van der Waals surface area contributed by atoms with Gasteiger partial charge in [-0.25, -0.2) is 17.2 Å². The molecule has 0 saturated carbocycles. The number of nitrogens with zero attached hydrogens (tertiary/aromatic N) is 2. The average Bonchev–Trinajstić information content (AvgIpc) is 2.71. The van der Waals surface area contributed by atoms with Gasteiger partial charge in [0.2, 0.25) is 21.8 Å². The molecule has 1 atom stereocenters. The summed E-state index contributed by atoms with van der Waals surface area (Å²) in [7, 11) is -2.58. The van der Waals surface area contributed by atoms with Crippen LogP contribution in [0.15, 0.2) is 42.5 Å². The summed E-state index contributed by atoms with van der Waals surface area (Å²) in [4.78, 5) is 26.6. The largest absolute Gasteiger partial charge is 0.357 e. The number of benzene rings is 2. The summed E-state index contributed by atoms with van der Waals surface area (Å²) in [6.07, 6.45) is 0.855. The molecule has 168 valence electrons. The predicted molar refractivity (Wildman–Crippen MR) is 114 cm³/mol. The highest BCUT2D eigenvalue weighted by Crippen LogP contribution is 2.21. The van der Waals surface area contributed by atoms with E-state index in [2.05, 4.69) is 5.32 Å². The molecule has 0 aliphatic carbocycles. The van der Waals surface area contributed by atoms with Gasteiger partial charge in [-0.05, 0) is 31.5 Å². The van der Waals surface area contributed by atoms with Crippen LogP contribution in [-0.4, -0.2) is 51.0 Å². The molecular weight excluding hydrogens is 428 g/mol. The standard InChI is InChI=1S/C21H25F2N3O4S/c1-14-5-7-16(8-6-14)12-25(15(2)21(28)24-3)20(27)13-26(31(4,29)30)17-9-10-18(22)19(23)11-17/h5-11,15H,12-13H2,1-4H3,(H,24,28)/t15-/m0/s1. The van der Waals surface area contributed by atoms with Crippen molar-refractivity contribution in [1.29, 1.82) is 0 Å². The van der Waals surface area contributed by atoms with Gasteiger partial charge in [0.15, 0.2) is 11.6 Å². The molecular formula is C21H25F2N3O4S. The first-order valence-electron chi connectivity index (χ1n) is 9.43. The Bertz CT molecular complexity index is 1060. The summed E-state index contributed by atoms with van der Waals surface area (Å²) in [5.74, 6) is -3.49. The molecule has 0 bridgehead atoms. The lowest BCUT2D eigenvalue weighted by atomic mass is 10.1. The van der Waals surface area contributed by atoms with Gasteiger partial charge in [0.05, 0.1) is 11.9 Å². The van der Waals surface area contributed by atoms with E-state index in [9.17, 15) is 26.8 Å². The summed E-state index contributed by atoms with van der Waals surface area (Å²) in [6, 6.07) is 8.97. The number of sulfonamides is 1. The van der Waals surface area contributed by atoms with Crippen LogP contribution >= 0.6 is 0 Å². The molecule has 0 saturated heterocycles. The van der Waals surface area contributed by atoms with Crippen LogP contribution in [0.25, 0.3) is 0 Å². The first-order valence-corrected chi connectivity index (χ1v) is 11.3. The molecule has 31 heavy (non-hydrogen) atoms. The highest BCUT2D eigenvalue weighted by molar-refractivity contribution is 7.92. The summed E-state index contributed by atoms with van der Waals surface area (Å²) < 4.78 is 52.3. The number of rotatable bonds is 8. The van der Waals surface area contributed by atoms with Crippen molar-refractivity contribution in [3.8, 4) is 0 Å². The van der Waals surface area contributed by atoms with Crippen LogP contribution in [0.5, 0.6) is 0 Å². The van der Waals surface area contributed by atoms with Crippen molar-refractivity contribution in [3.63, 3.8) is 0 Å². The van der Waals surface area contributed by atoms with E-state index in [0.29, 0.717) is 10.4 Å². The summed E-state index contributed by atoms with van der Waals surface area (Å²) in [5, 5.41) is 2.47. The van der Waals surface area contributed by atoms with Crippen molar-refractivity contribution < 1.29 is 26.8 Å². The van der Waals surface area contributed by atoms with Crippen LogP contribution in [0.2, 0.25) is 0 Å². The van der Waals surface area contributed by atoms with E-state index in [1.165, 1.54) is 18.9 Å². The normalized spacial score (nSPS) is 12.2. The minimum atomic E-state index is -4.01. The van der Waals surface area contributed by atoms with Gasteiger partial charge in [0.1, 0.15) is 12.6 Å². The molecule has 0 aliphatic heterocycles. The number of nitrogens with one attached hydrogen (secondary N) is 1. The average molecular weight is 454 g/mol. The lowest BCUT2D eigenvalue weighted by Crippen LogP contribution is -2.50. The van der Waals surface area contributed by atoms with Gasteiger partial charge in [0.25, 0.3) is 0 Å². The van der Waals surface area contributed by atoms with Crippen molar-refractivity contribution in [2.24, 2.45) is 0 Å². The van der Waals surface area contributed by atoms with Crippen LogP contribution in [0.4, 0.5) is 14.5 Å². The zero-order valence-electron chi connectivity index (χ0n) is 17.7. The number of carbonyl (C=O) groups excluding carboxylic acids is 2. The second kappa shape index (κ2) is 9.86. The molecule has 1 N–H and O–H groups in total. The maximum absolute atomic E-state index is 13.7. The number of likely N-dealkylation sites (N-methyl/N-ethyl adjacent to an activating group) is 1. The zero-order valence-corrected chi connectivity index (χ0v) is 18.5. The van der Waals surface area contributed by atoms with Gasteiger partial charge >= 0.3 is 0 Å². The number of hydrogen-bond acceptors (Lipinski definition) is 4. The van der Waals surface area contributed by atoms with Gasteiger partial charge in [-0.2, -0.15) is 0 Å². The van der Waals surface area contributed by atoms with Crippen molar-refractivity contribution in [2.45, 2.75) is 26.4 Å². The van der Waals surface area contributed by atoms with Crippen LogP contribution in [0, 0.1) is 18.6 Å². The lowest BCUT2D eigenvalue weighted by molar-refractivity contribution is -0.139. The molecule has 0 aliphatic rings. The smallest absolute Gasteiger partial charge is 0.244 e. The Kier molecular flexibility index (Phi) is 7.72. The Morgan fingerprint density at radius 3 is 2.19 bits per heavy atom. The van der Waals surface area contributed by atoms with Gasteiger partial charge in [-0.3, -0.25) is 13.9 Å². The summed E-state index contributed by atoms with van der Waals surface area (Å²) in [6.45, 7) is 2.80. The Morgan fingerprint density at radius 2 is 1.68 bits per heavy atom. The minimum absolute atomic E-state index is 0.0586. The van der Waals surface area contributed by atoms with Crippen molar-refractivity contribution in [2.75, 3.05) is 24.2 Å². The SMILES string of the molecule is CNC(=O)[C@H](C)N(Cc1ccc(C)cc1)C(=O)CN(c1ccc(F)c(F)c1)S(C)(=O)=O. The number of hydrogen-bond donors (Lipinski definition) is 1. The maximum atomic E-state index is 13.7. The first kappa shape index (κ1) is 24.3. The van der Waals surface area contributed by atoms with Crippen LogP contribution in [0.1, 0.15) is 18.1 Å². The van der Waals surface area contributed by atoms with Crippen molar-refractivity contribution in [1.82, 2.24) is 10.2 Å². The minimum Gasteiger partial charge on any atom is -0.357 e. The Labute approximate surface area is 180 Å². The van der Waals surface area contributed by atoms with E-state index in [0.717, 1.165) is 29.5 Å². The van der Waals surface area contributed by atoms with Crippen LogP contribution in [0.3, 0.4) is 0 Å². The van der Waals surface area contributed by atoms with E-state index in [4.69, 9.17) is 0 Å². The maximum Gasteiger partial charge on any atom is 0.244 e. The van der Waals surface area contributed by atoms with E-state index in [1.54, 1.807) is 12.1 Å². The number of aryl methyl sites for hydroxylation is 1. The molecule has 10 heteroatoms. The molecule has 0 radical (unpaired) electrons. The number of anilines is 1. The third-order valence-corrected chi connectivity index (χ3v) is 5.90. The van der Waals surface area contributed by atoms with Crippen LogP contribution in [-0.2, 0) is 26.2 Å². The predicted octanol–water partition coefficient (Wildman–Crippen LogP) is 2.20. The first-order chi connectivity index (χ1) is 14.4. The third kappa shape index (κ3) is 6.24. The topological polar surface area (TPSA) is 86.8 Å². The number of carbonyl (C=O) groups is 2. The molecule has 2 aromatic rings. The molecule has 0 unspecified atom stereocenters. The van der Waals surface area contributed by atoms with Crippen molar-refractivity contribution >= 4 is 27.5 Å². The second-order valence-electron chi connectivity index (χ2n) is 7.17. The summed E-state index contributed by atoms with van der Waals surface area (Å²) in [5.41, 5.74) is 1.56. The van der Waals surface area contributed by atoms with E-state index >= 15 is 0 Å². The molecule has 0 spiro atoms. The summed E-state index contributed by atoms with van der Waals surface area (Å²) >= 11 is 0. The fourth-order valence-electron chi connectivity index (χ4n) is 2.94.